The second-order valence-electron chi connectivity index (χ2n) is 7.53. The molecule has 0 aromatic carbocycles. The molecule has 2 aromatic heterocycles. The lowest BCUT2D eigenvalue weighted by molar-refractivity contribution is 0.0940. The van der Waals surface area contributed by atoms with Gasteiger partial charge in [-0.25, -0.2) is 9.97 Å². The summed E-state index contributed by atoms with van der Waals surface area (Å²) in [4.78, 5) is 25.7. The molecule has 0 bridgehead atoms. The minimum absolute atomic E-state index is 0.111. The molecule has 1 amide bonds. The third-order valence-electron chi connectivity index (χ3n) is 5.18. The van der Waals surface area contributed by atoms with E-state index in [0.717, 1.165) is 24.2 Å². The Morgan fingerprint density at radius 2 is 2.07 bits per heavy atom. The third kappa shape index (κ3) is 3.78. The smallest absolute Gasteiger partial charge is 0.270 e. The number of nitrogens with zero attached hydrogens (tertiary/aromatic N) is 3. The molecule has 0 radical (unpaired) electrons. The summed E-state index contributed by atoms with van der Waals surface area (Å²) in [6.45, 7) is 6.04. The first-order valence-electron chi connectivity index (χ1n) is 9.54. The number of aromatic nitrogens is 3. The lowest BCUT2D eigenvalue weighted by Gasteiger charge is -2.25. The second kappa shape index (κ2) is 7.60. The maximum absolute atomic E-state index is 12.3. The fourth-order valence-corrected chi connectivity index (χ4v) is 3.64. The number of fused-ring (bicyclic) bond motifs is 1. The van der Waals surface area contributed by atoms with Gasteiger partial charge in [0, 0.05) is 36.3 Å². The monoisotopic (exact) mass is 367 g/mol. The van der Waals surface area contributed by atoms with Gasteiger partial charge in [-0.15, -0.1) is 0 Å². The summed E-state index contributed by atoms with van der Waals surface area (Å²) in [5, 5.41) is 6.46. The Kier molecular flexibility index (Phi) is 5.03. The predicted molar refractivity (Wildman–Crippen MR) is 102 cm³/mol. The summed E-state index contributed by atoms with van der Waals surface area (Å²) in [7, 11) is 0. The van der Waals surface area contributed by atoms with Crippen molar-refractivity contribution in [1.82, 2.24) is 20.3 Å². The lowest BCUT2D eigenvalue weighted by Crippen LogP contribution is -2.36. The highest BCUT2D eigenvalue weighted by Crippen LogP contribution is 2.27. The first-order chi connectivity index (χ1) is 13.1. The number of hydrogen-bond donors (Lipinski definition) is 2. The number of rotatable bonds is 5. The van der Waals surface area contributed by atoms with Crippen molar-refractivity contribution in [3.05, 3.63) is 47.2 Å². The number of carbonyl (C=O) groups excluding carboxylic acids is 1. The van der Waals surface area contributed by atoms with Gasteiger partial charge in [0.05, 0.1) is 19.3 Å². The van der Waals surface area contributed by atoms with Crippen molar-refractivity contribution in [2.24, 2.45) is 5.92 Å². The van der Waals surface area contributed by atoms with E-state index in [4.69, 9.17) is 9.72 Å². The van der Waals surface area contributed by atoms with Gasteiger partial charge in [0.25, 0.3) is 5.91 Å². The minimum Gasteiger partial charge on any atom is -0.379 e. The number of amides is 1. The predicted octanol–water partition coefficient (Wildman–Crippen LogP) is 1.95. The van der Waals surface area contributed by atoms with Crippen molar-refractivity contribution in [2.75, 3.05) is 25.1 Å². The zero-order valence-corrected chi connectivity index (χ0v) is 15.7. The van der Waals surface area contributed by atoms with Crippen LogP contribution < -0.4 is 10.6 Å². The topological polar surface area (TPSA) is 89.0 Å². The van der Waals surface area contributed by atoms with Gasteiger partial charge < -0.3 is 15.4 Å². The van der Waals surface area contributed by atoms with E-state index in [1.54, 1.807) is 0 Å². The molecule has 2 aliphatic heterocycles. The number of carbonyl (C=O) groups is 1. The Balaban J connectivity index is 1.60. The van der Waals surface area contributed by atoms with E-state index in [9.17, 15) is 4.79 Å². The zero-order valence-electron chi connectivity index (χ0n) is 15.7. The highest BCUT2D eigenvalue weighted by molar-refractivity contribution is 5.96. The van der Waals surface area contributed by atoms with Crippen LogP contribution in [0.2, 0.25) is 0 Å². The molecule has 2 atom stereocenters. The van der Waals surface area contributed by atoms with Gasteiger partial charge in [0.1, 0.15) is 17.3 Å². The number of anilines is 1. The molecule has 2 aliphatic rings. The minimum atomic E-state index is -0.111. The van der Waals surface area contributed by atoms with Gasteiger partial charge >= 0.3 is 0 Å². The van der Waals surface area contributed by atoms with Crippen LogP contribution in [0.5, 0.6) is 0 Å². The summed E-state index contributed by atoms with van der Waals surface area (Å²) >= 11 is 0. The van der Waals surface area contributed by atoms with Crippen LogP contribution in [-0.2, 0) is 17.6 Å². The van der Waals surface area contributed by atoms with Crippen molar-refractivity contribution in [3.63, 3.8) is 0 Å². The molecule has 0 unspecified atom stereocenters. The van der Waals surface area contributed by atoms with Crippen molar-refractivity contribution in [3.8, 4) is 0 Å². The van der Waals surface area contributed by atoms with Crippen LogP contribution in [-0.4, -0.2) is 46.7 Å². The maximum Gasteiger partial charge on any atom is 0.270 e. The largest absolute Gasteiger partial charge is 0.379 e. The Hall–Kier alpha value is -2.54. The molecular weight excluding hydrogens is 342 g/mol. The van der Waals surface area contributed by atoms with Crippen LogP contribution in [0.4, 0.5) is 5.82 Å². The highest BCUT2D eigenvalue weighted by atomic mass is 16.5. The first-order valence-corrected chi connectivity index (χ1v) is 9.54. The van der Waals surface area contributed by atoms with E-state index >= 15 is 0 Å². The van der Waals surface area contributed by atoms with Gasteiger partial charge in [-0.05, 0) is 30.5 Å². The number of ether oxygens (including phenoxy) is 1. The quantitative estimate of drug-likeness (QED) is 0.840. The van der Waals surface area contributed by atoms with Crippen LogP contribution in [0.3, 0.4) is 0 Å². The molecular formula is C20H25N5O2. The van der Waals surface area contributed by atoms with Crippen LogP contribution in [0.15, 0.2) is 24.5 Å². The molecule has 1 fully saturated rings. The van der Waals surface area contributed by atoms with Crippen LogP contribution in [0.25, 0.3) is 0 Å². The third-order valence-corrected chi connectivity index (χ3v) is 5.18. The average molecular weight is 367 g/mol. The van der Waals surface area contributed by atoms with Gasteiger partial charge in [-0.1, -0.05) is 13.8 Å². The van der Waals surface area contributed by atoms with E-state index in [1.165, 1.54) is 5.56 Å². The van der Waals surface area contributed by atoms with Gasteiger partial charge in [-0.3, -0.25) is 9.78 Å². The molecule has 2 aromatic rings. The fraction of sp³-hybridized carbons (Fsp3) is 0.500. The molecule has 4 rings (SSSR count). The molecule has 27 heavy (non-hydrogen) atoms. The van der Waals surface area contributed by atoms with Crippen molar-refractivity contribution in [2.45, 2.75) is 38.6 Å². The van der Waals surface area contributed by atoms with Crippen molar-refractivity contribution in [1.29, 1.82) is 0 Å². The van der Waals surface area contributed by atoms with Crippen LogP contribution >= 0.6 is 0 Å². The Morgan fingerprint density at radius 1 is 1.26 bits per heavy atom. The molecule has 0 spiro atoms. The van der Waals surface area contributed by atoms with E-state index in [0.29, 0.717) is 37.2 Å². The maximum atomic E-state index is 12.3. The average Bonchev–Trinajstić information content (AvgIpc) is 3.09. The Bertz CT molecular complexity index is 825. The Morgan fingerprint density at radius 3 is 2.85 bits per heavy atom. The molecule has 0 saturated carbocycles. The molecule has 1 saturated heterocycles. The Labute approximate surface area is 159 Å². The summed E-state index contributed by atoms with van der Waals surface area (Å²) in [6.07, 6.45) is 5.30. The number of nitrogens with one attached hydrogen (secondary N) is 2. The lowest BCUT2D eigenvalue weighted by atomic mass is 9.95. The standard InChI is InChI=1S/C20H25N5O2/c1-12(2)18-24-17-15(5-8-22-20(17)26)19(25-18)23-16-11-27-10-14(16)9-13-3-6-21-7-4-13/h3-4,6-7,12,14,16H,5,8-11H2,1-2H3,(H,22,26)(H,23,24,25)/t14-,16+/m1/s1. The van der Waals surface area contributed by atoms with E-state index in [2.05, 4.69) is 20.6 Å². The molecule has 7 nitrogen and oxygen atoms in total. The van der Waals surface area contributed by atoms with Crippen LogP contribution in [0.1, 0.15) is 47.2 Å². The van der Waals surface area contributed by atoms with Gasteiger partial charge in [0.2, 0.25) is 0 Å². The summed E-state index contributed by atoms with van der Waals surface area (Å²) < 4.78 is 5.76. The molecule has 7 heteroatoms. The molecule has 0 aliphatic carbocycles. The second-order valence-corrected chi connectivity index (χ2v) is 7.53. The first kappa shape index (κ1) is 17.9. The number of hydrogen-bond acceptors (Lipinski definition) is 6. The van der Waals surface area contributed by atoms with Crippen molar-refractivity contribution < 1.29 is 9.53 Å². The van der Waals surface area contributed by atoms with Gasteiger partial charge in [0.15, 0.2) is 0 Å². The highest BCUT2D eigenvalue weighted by Gasteiger charge is 2.31. The fourth-order valence-electron chi connectivity index (χ4n) is 3.64. The summed E-state index contributed by atoms with van der Waals surface area (Å²) in [6, 6.07) is 4.24. The summed E-state index contributed by atoms with van der Waals surface area (Å²) in [5.74, 6) is 1.86. The normalized spacial score (nSPS) is 21.8. The SMILES string of the molecule is CC(C)c1nc(N[C@H]2COC[C@H]2Cc2ccncc2)c2c(n1)C(=O)NCC2. The molecule has 4 heterocycles. The van der Waals surface area contributed by atoms with Crippen LogP contribution in [0, 0.1) is 5.92 Å². The molecule has 2 N–H and O–H groups in total. The zero-order chi connectivity index (χ0) is 18.8. The molecule has 142 valence electrons. The summed E-state index contributed by atoms with van der Waals surface area (Å²) in [5.41, 5.74) is 2.67. The van der Waals surface area contributed by atoms with E-state index < -0.39 is 0 Å². The number of pyridine rings is 1. The van der Waals surface area contributed by atoms with Gasteiger partial charge in [-0.2, -0.15) is 0 Å². The van der Waals surface area contributed by atoms with E-state index in [1.807, 2.05) is 38.4 Å². The van der Waals surface area contributed by atoms with E-state index in [-0.39, 0.29) is 17.9 Å². The van der Waals surface area contributed by atoms with Crippen molar-refractivity contribution >= 4 is 11.7 Å².